The zero-order valence-electron chi connectivity index (χ0n) is 11.8. The maximum atomic E-state index is 5.22. The zero-order valence-corrected chi connectivity index (χ0v) is 12.7. The number of anilines is 1. The van der Waals surface area contributed by atoms with Crippen molar-refractivity contribution in [3.63, 3.8) is 0 Å². The van der Waals surface area contributed by atoms with Gasteiger partial charge in [0.15, 0.2) is 5.17 Å². The van der Waals surface area contributed by atoms with Gasteiger partial charge in [-0.3, -0.25) is 4.99 Å². The molecule has 19 heavy (non-hydrogen) atoms. The summed E-state index contributed by atoms with van der Waals surface area (Å²) in [4.78, 5) is 4.75. The molecule has 1 unspecified atom stereocenters. The smallest absolute Gasteiger partial charge is 0.161 e. The van der Waals surface area contributed by atoms with Gasteiger partial charge in [0.1, 0.15) is 0 Å². The van der Waals surface area contributed by atoms with Crippen LogP contribution in [-0.4, -0.2) is 24.1 Å². The fourth-order valence-corrected chi connectivity index (χ4v) is 3.15. The minimum atomic E-state index is 0.460. The average molecular weight is 278 g/mol. The van der Waals surface area contributed by atoms with E-state index in [-0.39, 0.29) is 0 Å². The maximum Gasteiger partial charge on any atom is 0.161 e. The Labute approximate surface area is 119 Å². The van der Waals surface area contributed by atoms with Crippen molar-refractivity contribution in [2.75, 3.05) is 18.2 Å². The predicted molar refractivity (Wildman–Crippen MR) is 83.9 cm³/mol. The van der Waals surface area contributed by atoms with Crippen molar-refractivity contribution in [1.82, 2.24) is 0 Å². The van der Waals surface area contributed by atoms with Crippen LogP contribution >= 0.6 is 11.8 Å². The van der Waals surface area contributed by atoms with E-state index in [1.54, 1.807) is 7.11 Å². The summed E-state index contributed by atoms with van der Waals surface area (Å²) in [5, 5.41) is 4.47. The molecule has 0 amide bonds. The molecular weight excluding hydrogens is 256 g/mol. The summed E-state index contributed by atoms with van der Waals surface area (Å²) in [6.45, 7) is 5.12. The Morgan fingerprint density at radius 3 is 2.95 bits per heavy atom. The molecule has 0 aliphatic carbocycles. The number of hydrogen-bond acceptors (Lipinski definition) is 4. The lowest BCUT2D eigenvalue weighted by Crippen LogP contribution is -2.09. The fraction of sp³-hybridized carbons (Fsp3) is 0.533. The number of benzene rings is 1. The van der Waals surface area contributed by atoms with Crippen molar-refractivity contribution in [2.24, 2.45) is 10.9 Å². The Hall–Kier alpha value is -1.000. The van der Waals surface area contributed by atoms with Crippen LogP contribution in [0.5, 0.6) is 0 Å². The summed E-state index contributed by atoms with van der Waals surface area (Å²) in [6.07, 6.45) is 1.16. The normalized spacial score (nSPS) is 18.7. The number of hydrogen-bond donors (Lipinski definition) is 1. The van der Waals surface area contributed by atoms with Gasteiger partial charge in [-0.15, -0.1) is 0 Å². The van der Waals surface area contributed by atoms with E-state index >= 15 is 0 Å². The fourth-order valence-electron chi connectivity index (χ4n) is 2.19. The summed E-state index contributed by atoms with van der Waals surface area (Å²) in [5.41, 5.74) is 2.27. The van der Waals surface area contributed by atoms with Crippen molar-refractivity contribution in [2.45, 2.75) is 32.9 Å². The van der Waals surface area contributed by atoms with Crippen LogP contribution in [0.25, 0.3) is 0 Å². The van der Waals surface area contributed by atoms with Gasteiger partial charge in [-0.05, 0) is 18.4 Å². The second kappa shape index (κ2) is 6.96. The lowest BCUT2D eigenvalue weighted by Gasteiger charge is -2.10. The summed E-state index contributed by atoms with van der Waals surface area (Å²) >= 11 is 1.81. The molecule has 1 aliphatic rings. The molecule has 0 bridgehead atoms. The van der Waals surface area contributed by atoms with E-state index in [0.29, 0.717) is 18.6 Å². The number of aliphatic imine (C=N–C) groups is 1. The van der Waals surface area contributed by atoms with Crippen LogP contribution in [0.1, 0.15) is 25.8 Å². The average Bonchev–Trinajstić information content (AvgIpc) is 2.78. The van der Waals surface area contributed by atoms with E-state index < -0.39 is 0 Å². The zero-order chi connectivity index (χ0) is 13.7. The highest BCUT2D eigenvalue weighted by Gasteiger charge is 2.19. The van der Waals surface area contributed by atoms with Crippen LogP contribution in [-0.2, 0) is 11.3 Å². The molecule has 1 aliphatic heterocycles. The van der Waals surface area contributed by atoms with Crippen LogP contribution in [0.15, 0.2) is 29.3 Å². The van der Waals surface area contributed by atoms with Crippen LogP contribution in [0.2, 0.25) is 0 Å². The molecule has 1 aromatic rings. The molecular formula is C15H22N2OS. The first-order valence-electron chi connectivity index (χ1n) is 6.73. The highest BCUT2D eigenvalue weighted by atomic mass is 32.2. The van der Waals surface area contributed by atoms with E-state index in [1.165, 1.54) is 5.56 Å². The molecule has 2 rings (SSSR count). The lowest BCUT2D eigenvalue weighted by molar-refractivity contribution is 0.185. The first kappa shape index (κ1) is 14.4. The van der Waals surface area contributed by atoms with Crippen molar-refractivity contribution in [1.29, 1.82) is 0 Å². The second-order valence-electron chi connectivity index (χ2n) is 5.24. The van der Waals surface area contributed by atoms with Crippen LogP contribution < -0.4 is 5.32 Å². The second-order valence-corrected chi connectivity index (χ2v) is 6.25. The van der Waals surface area contributed by atoms with Crippen LogP contribution in [0.4, 0.5) is 5.69 Å². The Morgan fingerprint density at radius 1 is 1.42 bits per heavy atom. The molecule has 0 aromatic heterocycles. The molecule has 1 atom stereocenters. The molecule has 0 saturated heterocycles. The van der Waals surface area contributed by atoms with Crippen molar-refractivity contribution >= 4 is 22.6 Å². The van der Waals surface area contributed by atoms with Gasteiger partial charge in [0, 0.05) is 24.1 Å². The van der Waals surface area contributed by atoms with Gasteiger partial charge in [-0.1, -0.05) is 43.8 Å². The Bertz CT molecular complexity index is 446. The number of thioether (sulfide) groups is 1. The maximum absolute atomic E-state index is 5.22. The third-order valence-corrected chi connectivity index (χ3v) is 4.05. The third-order valence-electron chi connectivity index (χ3n) is 3.01. The van der Waals surface area contributed by atoms with E-state index in [9.17, 15) is 0 Å². The molecule has 0 spiro atoms. The minimum absolute atomic E-state index is 0.460. The first-order valence-corrected chi connectivity index (χ1v) is 7.72. The van der Waals surface area contributed by atoms with E-state index in [0.717, 1.165) is 23.0 Å². The number of nitrogens with zero attached hydrogens (tertiary/aromatic N) is 1. The lowest BCUT2D eigenvalue weighted by atomic mass is 10.1. The third kappa shape index (κ3) is 4.25. The molecule has 4 heteroatoms. The first-order chi connectivity index (χ1) is 9.19. The molecule has 104 valence electrons. The van der Waals surface area contributed by atoms with Gasteiger partial charge in [0.2, 0.25) is 0 Å². The predicted octanol–water partition coefficient (Wildman–Crippen LogP) is 3.76. The Kier molecular flexibility index (Phi) is 5.28. The van der Waals surface area contributed by atoms with Crippen molar-refractivity contribution < 1.29 is 4.74 Å². The number of ether oxygens (including phenoxy) is 1. The standard InChI is InChI=1S/C15H22N2OS/c1-11(2)8-13-10-19-15(16-13)17-14-7-5-4-6-12(14)9-18-3/h4-7,11,13H,8-10H2,1-3H3,(H,16,17). The molecule has 1 N–H and O–H groups in total. The summed E-state index contributed by atoms with van der Waals surface area (Å²) in [7, 11) is 1.72. The molecule has 0 saturated carbocycles. The highest BCUT2D eigenvalue weighted by Crippen LogP contribution is 2.25. The topological polar surface area (TPSA) is 33.6 Å². The van der Waals surface area contributed by atoms with Crippen molar-refractivity contribution in [3.05, 3.63) is 29.8 Å². The van der Waals surface area contributed by atoms with E-state index in [4.69, 9.17) is 9.73 Å². The highest BCUT2D eigenvalue weighted by molar-refractivity contribution is 8.14. The molecule has 1 aromatic carbocycles. The van der Waals surface area contributed by atoms with Gasteiger partial charge >= 0.3 is 0 Å². The molecule has 3 nitrogen and oxygen atoms in total. The van der Waals surface area contributed by atoms with E-state index in [2.05, 4.69) is 31.3 Å². The quantitative estimate of drug-likeness (QED) is 0.890. The Morgan fingerprint density at radius 2 is 2.21 bits per heavy atom. The minimum Gasteiger partial charge on any atom is -0.380 e. The molecule has 0 fully saturated rings. The van der Waals surface area contributed by atoms with Gasteiger partial charge in [0.25, 0.3) is 0 Å². The summed E-state index contributed by atoms with van der Waals surface area (Å²) < 4.78 is 5.22. The van der Waals surface area contributed by atoms with Gasteiger partial charge in [-0.25, -0.2) is 0 Å². The Balaban J connectivity index is 2.02. The van der Waals surface area contributed by atoms with Crippen molar-refractivity contribution in [3.8, 4) is 0 Å². The molecule has 0 radical (unpaired) electrons. The number of para-hydroxylation sites is 1. The van der Waals surface area contributed by atoms with Crippen LogP contribution in [0.3, 0.4) is 0 Å². The summed E-state index contributed by atoms with van der Waals surface area (Å²) in [5.74, 6) is 1.79. The largest absolute Gasteiger partial charge is 0.380 e. The number of methoxy groups -OCH3 is 1. The van der Waals surface area contributed by atoms with Gasteiger partial charge < -0.3 is 10.1 Å². The number of amidine groups is 1. The molecule has 1 heterocycles. The summed E-state index contributed by atoms with van der Waals surface area (Å²) in [6, 6.07) is 8.69. The number of rotatable bonds is 5. The van der Waals surface area contributed by atoms with Gasteiger partial charge in [-0.2, -0.15) is 0 Å². The monoisotopic (exact) mass is 278 g/mol. The number of nitrogens with one attached hydrogen (secondary N) is 1. The van der Waals surface area contributed by atoms with E-state index in [1.807, 2.05) is 23.9 Å². The SMILES string of the molecule is COCc1ccccc1NC1=NC(CC(C)C)CS1. The van der Waals surface area contributed by atoms with Gasteiger partial charge in [0.05, 0.1) is 12.6 Å². The van der Waals surface area contributed by atoms with Crippen LogP contribution in [0, 0.1) is 5.92 Å².